The van der Waals surface area contributed by atoms with Crippen LogP contribution in [0.4, 0.5) is 18.9 Å². The van der Waals surface area contributed by atoms with E-state index in [0.717, 1.165) is 12.1 Å². The Labute approximate surface area is 200 Å². The number of nitrogens with one attached hydrogen (secondary N) is 2. The highest BCUT2D eigenvalue weighted by molar-refractivity contribution is 7.92. The standard InChI is InChI=1S/C18H32F3N3O5S3Si/c1-17(2,3)33(4,5)29-11-10-23-9-8-16(30)24-14-7-6-13(32(22,27)28)12-15(14)31(25,26)18(19,20)21/h6-7,12,16,23-24,30H,8-11H2,1-5H3,(H2,22,27,28)/t16-/m1/s1. The highest BCUT2D eigenvalue weighted by Gasteiger charge is 2.48. The number of halogens is 3. The van der Waals surface area contributed by atoms with Crippen LogP contribution in [0.1, 0.15) is 27.2 Å². The van der Waals surface area contributed by atoms with Crippen LogP contribution in [0.2, 0.25) is 18.1 Å². The van der Waals surface area contributed by atoms with Crippen molar-refractivity contribution in [2.75, 3.05) is 25.0 Å². The van der Waals surface area contributed by atoms with Gasteiger partial charge in [0, 0.05) is 13.2 Å². The third-order valence-corrected chi connectivity index (χ3v) is 12.7. The van der Waals surface area contributed by atoms with Gasteiger partial charge >= 0.3 is 5.51 Å². The summed E-state index contributed by atoms with van der Waals surface area (Å²) in [5, 5.41) is 10.0. The Bertz CT molecular complexity index is 1030. The Kier molecular flexibility index (Phi) is 9.90. The Hall–Kier alpha value is -0.843. The van der Waals surface area contributed by atoms with Crippen molar-refractivity contribution in [2.45, 2.75) is 66.0 Å². The molecule has 0 saturated heterocycles. The van der Waals surface area contributed by atoms with Crippen molar-refractivity contribution >= 4 is 46.5 Å². The molecular formula is C18H32F3N3O5S3Si. The maximum Gasteiger partial charge on any atom is 0.501 e. The van der Waals surface area contributed by atoms with Gasteiger partial charge in [-0.2, -0.15) is 25.8 Å². The van der Waals surface area contributed by atoms with Gasteiger partial charge in [0.2, 0.25) is 10.0 Å². The average Bonchev–Trinajstić information content (AvgIpc) is 2.61. The van der Waals surface area contributed by atoms with Crippen LogP contribution in [-0.4, -0.2) is 55.7 Å². The van der Waals surface area contributed by atoms with Gasteiger partial charge in [0.05, 0.1) is 16.0 Å². The van der Waals surface area contributed by atoms with Crippen LogP contribution < -0.4 is 15.8 Å². The van der Waals surface area contributed by atoms with E-state index >= 15 is 0 Å². The van der Waals surface area contributed by atoms with Gasteiger partial charge in [0.1, 0.15) is 4.90 Å². The fourth-order valence-corrected chi connectivity index (χ4v) is 5.23. The fraction of sp³-hybridized carbons (Fsp3) is 0.667. The second-order valence-corrected chi connectivity index (χ2v) is 17.9. The number of sulfonamides is 1. The Balaban J connectivity index is 2.82. The average molecular weight is 552 g/mol. The molecule has 1 aromatic rings. The molecule has 0 aromatic heterocycles. The number of rotatable bonds is 11. The molecule has 0 aliphatic rings. The molecule has 0 heterocycles. The topological polar surface area (TPSA) is 128 Å². The number of benzene rings is 1. The van der Waals surface area contributed by atoms with E-state index in [1.54, 1.807) is 0 Å². The lowest BCUT2D eigenvalue weighted by atomic mass is 10.2. The van der Waals surface area contributed by atoms with Crippen molar-refractivity contribution in [3.05, 3.63) is 18.2 Å². The van der Waals surface area contributed by atoms with E-state index in [9.17, 15) is 30.0 Å². The lowest BCUT2D eigenvalue weighted by molar-refractivity contribution is -0.0435. The Morgan fingerprint density at radius 2 is 1.70 bits per heavy atom. The summed E-state index contributed by atoms with van der Waals surface area (Å²) in [5.41, 5.74) is -6.06. The minimum absolute atomic E-state index is 0.0837. The summed E-state index contributed by atoms with van der Waals surface area (Å²) in [6.07, 6.45) is 0.325. The van der Waals surface area contributed by atoms with Gasteiger partial charge in [-0.3, -0.25) is 0 Å². The number of primary sulfonamides is 1. The molecule has 1 aromatic carbocycles. The quantitative estimate of drug-likeness (QED) is 0.144. The van der Waals surface area contributed by atoms with Crippen LogP contribution in [0.15, 0.2) is 28.0 Å². The lowest BCUT2D eigenvalue weighted by Gasteiger charge is -2.36. The van der Waals surface area contributed by atoms with Crippen molar-refractivity contribution < 1.29 is 34.4 Å². The van der Waals surface area contributed by atoms with E-state index in [2.05, 4.69) is 57.1 Å². The van der Waals surface area contributed by atoms with Crippen LogP contribution >= 0.6 is 12.6 Å². The van der Waals surface area contributed by atoms with Crippen molar-refractivity contribution in [3.8, 4) is 0 Å². The number of hydrogen-bond acceptors (Lipinski definition) is 8. The molecule has 15 heteroatoms. The number of hydrogen-bond donors (Lipinski definition) is 4. The molecule has 0 spiro atoms. The van der Waals surface area contributed by atoms with Gasteiger partial charge in [-0.25, -0.2) is 22.0 Å². The lowest BCUT2D eigenvalue weighted by Crippen LogP contribution is -2.42. The SMILES string of the molecule is CC(C)(C)[Si](C)(C)OCCNCC[C@@H](S)Nc1ccc(S(N)(=O)=O)cc1S(=O)(=O)C(F)(F)F. The molecule has 0 radical (unpaired) electrons. The number of sulfone groups is 1. The number of anilines is 1. The summed E-state index contributed by atoms with van der Waals surface area (Å²) in [6, 6.07) is 2.23. The molecule has 0 saturated carbocycles. The van der Waals surface area contributed by atoms with Crippen LogP contribution in [0.5, 0.6) is 0 Å². The molecule has 4 N–H and O–H groups in total. The van der Waals surface area contributed by atoms with Crippen LogP contribution in [0, 0.1) is 0 Å². The van der Waals surface area contributed by atoms with Crippen LogP contribution in [-0.2, 0) is 24.3 Å². The summed E-state index contributed by atoms with van der Waals surface area (Å²) < 4.78 is 92.3. The smallest absolute Gasteiger partial charge is 0.416 e. The first-order chi connectivity index (χ1) is 14.7. The Morgan fingerprint density at radius 3 is 2.18 bits per heavy atom. The van der Waals surface area contributed by atoms with E-state index in [1.165, 1.54) is 0 Å². The monoisotopic (exact) mass is 551 g/mol. The molecule has 0 amide bonds. The predicted octanol–water partition coefficient (Wildman–Crippen LogP) is 3.30. The maximum absolute atomic E-state index is 13.1. The van der Waals surface area contributed by atoms with E-state index < -0.39 is 54.5 Å². The first kappa shape index (κ1) is 30.2. The molecule has 1 atom stereocenters. The Morgan fingerprint density at radius 1 is 1.12 bits per heavy atom. The van der Waals surface area contributed by atoms with Crippen LogP contribution in [0.25, 0.3) is 0 Å². The zero-order valence-electron chi connectivity index (χ0n) is 19.2. The first-order valence-electron chi connectivity index (χ1n) is 9.97. The van der Waals surface area contributed by atoms with Crippen molar-refractivity contribution in [1.82, 2.24) is 5.32 Å². The van der Waals surface area contributed by atoms with Crippen molar-refractivity contribution in [3.63, 3.8) is 0 Å². The van der Waals surface area contributed by atoms with Crippen LogP contribution in [0.3, 0.4) is 0 Å². The van der Waals surface area contributed by atoms with Gasteiger partial charge in [0.25, 0.3) is 9.84 Å². The highest BCUT2D eigenvalue weighted by Crippen LogP contribution is 2.37. The molecule has 0 aliphatic carbocycles. The zero-order chi connectivity index (χ0) is 25.9. The van der Waals surface area contributed by atoms with Crippen molar-refractivity contribution in [1.29, 1.82) is 0 Å². The second kappa shape index (κ2) is 10.8. The summed E-state index contributed by atoms with van der Waals surface area (Å²) >= 11 is 4.25. The molecule has 33 heavy (non-hydrogen) atoms. The summed E-state index contributed by atoms with van der Waals surface area (Å²) in [7, 11) is -12.1. The van der Waals surface area contributed by atoms with E-state index in [1.807, 2.05) is 0 Å². The maximum atomic E-state index is 13.1. The van der Waals surface area contributed by atoms with E-state index in [4.69, 9.17) is 9.56 Å². The molecule has 192 valence electrons. The minimum atomic E-state index is -5.84. The third-order valence-electron chi connectivity index (χ3n) is 5.34. The third kappa shape index (κ3) is 8.40. The predicted molar refractivity (Wildman–Crippen MR) is 128 cm³/mol. The molecular weight excluding hydrogens is 519 g/mol. The second-order valence-electron chi connectivity index (χ2n) is 8.96. The number of nitrogens with two attached hydrogens (primary N) is 1. The van der Waals surface area contributed by atoms with E-state index in [-0.39, 0.29) is 5.04 Å². The summed E-state index contributed by atoms with van der Waals surface area (Å²) in [4.78, 5) is -1.99. The van der Waals surface area contributed by atoms with Crippen molar-refractivity contribution in [2.24, 2.45) is 5.14 Å². The number of alkyl halides is 3. The van der Waals surface area contributed by atoms with E-state index in [0.29, 0.717) is 32.2 Å². The van der Waals surface area contributed by atoms with Gasteiger partial charge in [-0.1, -0.05) is 20.8 Å². The fourth-order valence-electron chi connectivity index (χ4n) is 2.36. The highest BCUT2D eigenvalue weighted by atomic mass is 32.2. The normalized spacial score (nSPS) is 14.8. The zero-order valence-corrected chi connectivity index (χ0v) is 22.7. The summed E-state index contributed by atoms with van der Waals surface area (Å²) in [6.45, 7) is 12.2. The van der Waals surface area contributed by atoms with Gasteiger partial charge < -0.3 is 15.1 Å². The molecule has 0 aliphatic heterocycles. The molecule has 0 bridgehead atoms. The first-order valence-corrected chi connectivity index (χ1v) is 16.4. The number of thiol groups is 1. The summed E-state index contributed by atoms with van der Waals surface area (Å²) in [5.74, 6) is 0. The molecule has 0 fully saturated rings. The van der Waals surface area contributed by atoms with Gasteiger partial charge in [-0.15, -0.1) is 0 Å². The van der Waals surface area contributed by atoms with Gasteiger partial charge in [0.15, 0.2) is 8.32 Å². The largest absolute Gasteiger partial charge is 0.501 e. The minimum Gasteiger partial charge on any atom is -0.416 e. The molecule has 0 unspecified atom stereocenters. The van der Waals surface area contributed by atoms with Gasteiger partial charge in [-0.05, 0) is 49.3 Å². The molecule has 1 rings (SSSR count). The molecule has 8 nitrogen and oxygen atoms in total.